The first kappa shape index (κ1) is 17.2. The van der Waals surface area contributed by atoms with E-state index in [1.807, 2.05) is 47.0 Å². The number of hydrogen-bond acceptors (Lipinski definition) is 4. The van der Waals surface area contributed by atoms with Gasteiger partial charge in [-0.15, -0.1) is 0 Å². The zero-order valence-electron chi connectivity index (χ0n) is 15.9. The number of amides is 1. The average Bonchev–Trinajstić information content (AvgIpc) is 3.21. The van der Waals surface area contributed by atoms with E-state index in [0.717, 1.165) is 35.0 Å². The number of H-pyrrole nitrogens is 1. The van der Waals surface area contributed by atoms with Crippen molar-refractivity contribution in [3.8, 4) is 0 Å². The highest BCUT2D eigenvalue weighted by molar-refractivity contribution is 5.79. The van der Waals surface area contributed by atoms with Gasteiger partial charge >= 0.3 is 0 Å². The monoisotopic (exact) mass is 377 g/mol. The van der Waals surface area contributed by atoms with Crippen LogP contribution in [-0.4, -0.2) is 42.6 Å². The lowest BCUT2D eigenvalue weighted by Crippen LogP contribution is -2.42. The second kappa shape index (κ2) is 6.58. The highest BCUT2D eigenvalue weighted by atomic mass is 16.2. The fourth-order valence-electron chi connectivity index (χ4n) is 4.81. The molecule has 2 aromatic heterocycles. The van der Waals surface area contributed by atoms with Gasteiger partial charge in [0, 0.05) is 42.3 Å². The van der Waals surface area contributed by atoms with Gasteiger partial charge < -0.3 is 9.88 Å². The van der Waals surface area contributed by atoms with Crippen molar-refractivity contribution in [2.24, 2.45) is 0 Å². The highest BCUT2D eigenvalue weighted by Gasteiger charge is 2.40. The summed E-state index contributed by atoms with van der Waals surface area (Å²) in [5.74, 6) is 0.790. The van der Waals surface area contributed by atoms with Crippen molar-refractivity contribution in [2.45, 2.75) is 57.7 Å². The van der Waals surface area contributed by atoms with Gasteiger partial charge in [-0.05, 0) is 25.8 Å². The van der Waals surface area contributed by atoms with Crippen molar-refractivity contribution < 1.29 is 4.79 Å². The number of hydrogen-bond donors (Lipinski definition) is 1. The molecule has 1 saturated heterocycles. The molecule has 2 aliphatic rings. The average molecular weight is 377 g/mol. The van der Waals surface area contributed by atoms with Gasteiger partial charge in [-0.1, -0.05) is 18.2 Å². The van der Waals surface area contributed by atoms with Crippen LogP contribution in [0.1, 0.15) is 36.3 Å². The second-order valence-electron chi connectivity index (χ2n) is 7.85. The Balaban J connectivity index is 1.36. The molecule has 2 bridgehead atoms. The molecule has 1 fully saturated rings. The third-order valence-electron chi connectivity index (χ3n) is 6.08. The molecule has 5 rings (SSSR count). The van der Waals surface area contributed by atoms with E-state index in [0.29, 0.717) is 31.6 Å². The van der Waals surface area contributed by atoms with Gasteiger partial charge in [0.1, 0.15) is 5.82 Å². The fourth-order valence-corrected chi connectivity index (χ4v) is 4.81. The summed E-state index contributed by atoms with van der Waals surface area (Å²) >= 11 is 0. The van der Waals surface area contributed by atoms with Crippen LogP contribution in [0.15, 0.2) is 35.3 Å². The predicted molar refractivity (Wildman–Crippen MR) is 105 cm³/mol. The number of fused-ring (bicyclic) bond motifs is 4. The van der Waals surface area contributed by atoms with Crippen molar-refractivity contribution in [3.05, 3.63) is 57.9 Å². The number of aromatic amines is 1. The lowest BCUT2D eigenvalue weighted by Gasteiger charge is -2.28. The summed E-state index contributed by atoms with van der Waals surface area (Å²) in [5.41, 5.74) is 2.62. The van der Waals surface area contributed by atoms with Crippen LogP contribution in [-0.2, 0) is 24.2 Å². The van der Waals surface area contributed by atoms with E-state index in [2.05, 4.69) is 15.1 Å². The molecule has 0 spiro atoms. The number of benzene rings is 1. The predicted octanol–water partition coefficient (Wildman–Crippen LogP) is 1.98. The SMILES string of the molecule is Cc1nc2c(c(=O)[nH]1)CC1CCC(C2)N1C(=O)CCn1ncc2ccccc21. The van der Waals surface area contributed by atoms with E-state index in [1.54, 1.807) is 0 Å². The Bertz CT molecular complexity index is 1120. The van der Waals surface area contributed by atoms with E-state index in [1.165, 1.54) is 0 Å². The second-order valence-corrected chi connectivity index (χ2v) is 7.85. The molecular weight excluding hydrogens is 354 g/mol. The molecule has 2 aliphatic heterocycles. The zero-order chi connectivity index (χ0) is 19.3. The number of carbonyl (C=O) groups excluding carboxylic acids is 1. The van der Waals surface area contributed by atoms with Gasteiger partial charge in [-0.2, -0.15) is 5.10 Å². The van der Waals surface area contributed by atoms with E-state index in [9.17, 15) is 9.59 Å². The van der Waals surface area contributed by atoms with Crippen LogP contribution in [0, 0.1) is 6.92 Å². The Kier molecular flexibility index (Phi) is 4.03. The molecule has 2 unspecified atom stereocenters. The minimum Gasteiger partial charge on any atom is -0.336 e. The topological polar surface area (TPSA) is 83.9 Å². The molecule has 0 saturated carbocycles. The van der Waals surface area contributed by atoms with Crippen LogP contribution >= 0.6 is 0 Å². The number of carbonyl (C=O) groups is 1. The first-order valence-electron chi connectivity index (χ1n) is 9.90. The molecule has 144 valence electrons. The molecule has 1 amide bonds. The number of rotatable bonds is 3. The lowest BCUT2D eigenvalue weighted by atomic mass is 9.98. The molecule has 1 aromatic carbocycles. The molecule has 28 heavy (non-hydrogen) atoms. The summed E-state index contributed by atoms with van der Waals surface area (Å²) in [6.45, 7) is 2.37. The smallest absolute Gasteiger partial charge is 0.254 e. The van der Waals surface area contributed by atoms with Gasteiger partial charge in [0.15, 0.2) is 0 Å². The van der Waals surface area contributed by atoms with E-state index in [4.69, 9.17) is 0 Å². The maximum absolute atomic E-state index is 13.1. The van der Waals surface area contributed by atoms with Gasteiger partial charge in [0.05, 0.1) is 24.0 Å². The molecular formula is C21H23N5O2. The Morgan fingerprint density at radius 2 is 2.00 bits per heavy atom. The number of aryl methyl sites for hydroxylation is 2. The summed E-state index contributed by atoms with van der Waals surface area (Å²) in [6.07, 6.45) is 5.46. The van der Waals surface area contributed by atoms with Crippen molar-refractivity contribution in [3.63, 3.8) is 0 Å². The largest absolute Gasteiger partial charge is 0.336 e. The van der Waals surface area contributed by atoms with Crippen molar-refractivity contribution in [1.29, 1.82) is 0 Å². The third kappa shape index (κ3) is 2.82. The van der Waals surface area contributed by atoms with E-state index in [-0.39, 0.29) is 23.6 Å². The van der Waals surface area contributed by atoms with E-state index < -0.39 is 0 Å². The summed E-state index contributed by atoms with van der Waals surface area (Å²) in [4.78, 5) is 34.9. The van der Waals surface area contributed by atoms with Crippen LogP contribution < -0.4 is 5.56 Å². The summed E-state index contributed by atoms with van der Waals surface area (Å²) in [5, 5.41) is 5.51. The Morgan fingerprint density at radius 3 is 2.86 bits per heavy atom. The molecule has 2 atom stereocenters. The molecule has 0 radical (unpaired) electrons. The van der Waals surface area contributed by atoms with Crippen LogP contribution in [0.4, 0.5) is 0 Å². The Labute approximate surface area is 162 Å². The number of nitrogens with zero attached hydrogens (tertiary/aromatic N) is 4. The normalized spacial score (nSPS) is 21.0. The van der Waals surface area contributed by atoms with Crippen molar-refractivity contribution in [1.82, 2.24) is 24.6 Å². The quantitative estimate of drug-likeness (QED) is 0.756. The van der Waals surface area contributed by atoms with Gasteiger partial charge in [0.2, 0.25) is 5.91 Å². The first-order chi connectivity index (χ1) is 13.6. The summed E-state index contributed by atoms with van der Waals surface area (Å²) in [7, 11) is 0. The number of aromatic nitrogens is 4. The molecule has 1 N–H and O–H groups in total. The number of para-hydroxylation sites is 1. The highest BCUT2D eigenvalue weighted by Crippen LogP contribution is 2.33. The van der Waals surface area contributed by atoms with Gasteiger partial charge in [-0.25, -0.2) is 4.98 Å². The molecule has 0 aliphatic carbocycles. The maximum atomic E-state index is 13.1. The van der Waals surface area contributed by atoms with Crippen LogP contribution in [0.3, 0.4) is 0 Å². The molecule has 7 heteroatoms. The molecule has 3 aromatic rings. The lowest BCUT2D eigenvalue weighted by molar-refractivity contribution is -0.134. The van der Waals surface area contributed by atoms with E-state index >= 15 is 0 Å². The first-order valence-corrected chi connectivity index (χ1v) is 9.90. The van der Waals surface area contributed by atoms with Gasteiger partial charge in [-0.3, -0.25) is 14.3 Å². The third-order valence-corrected chi connectivity index (χ3v) is 6.08. The van der Waals surface area contributed by atoms with Crippen LogP contribution in [0.25, 0.3) is 10.9 Å². The summed E-state index contributed by atoms with van der Waals surface area (Å²) < 4.78 is 1.90. The van der Waals surface area contributed by atoms with Crippen LogP contribution in [0.2, 0.25) is 0 Å². The van der Waals surface area contributed by atoms with Crippen molar-refractivity contribution in [2.75, 3.05) is 0 Å². The molecule has 4 heterocycles. The molecule has 7 nitrogen and oxygen atoms in total. The minimum absolute atomic E-state index is 0.0505. The summed E-state index contributed by atoms with van der Waals surface area (Å²) in [6, 6.07) is 8.27. The standard InChI is InChI=1S/C21H23N5O2/c1-13-23-18-11-16-7-6-15(10-17(18)21(28)24-13)26(16)20(27)8-9-25-19-5-3-2-4-14(19)12-22-25/h2-5,12,15-16H,6-11H2,1H3,(H,23,24,28). The van der Waals surface area contributed by atoms with Gasteiger partial charge in [0.25, 0.3) is 5.56 Å². The zero-order valence-corrected chi connectivity index (χ0v) is 15.9. The van der Waals surface area contributed by atoms with Crippen molar-refractivity contribution >= 4 is 16.8 Å². The fraction of sp³-hybridized carbons (Fsp3) is 0.429. The Morgan fingerprint density at radius 1 is 1.21 bits per heavy atom. The maximum Gasteiger partial charge on any atom is 0.254 e. The number of nitrogens with one attached hydrogen (secondary N) is 1. The van der Waals surface area contributed by atoms with Crippen LogP contribution in [0.5, 0.6) is 0 Å². The Hall–Kier alpha value is -2.96. The minimum atomic E-state index is -0.0505.